The van der Waals surface area contributed by atoms with Crippen LogP contribution in [0.3, 0.4) is 0 Å². The fraction of sp³-hybridized carbons (Fsp3) is 0.294. The van der Waals surface area contributed by atoms with Crippen LogP contribution >= 0.6 is 0 Å². The van der Waals surface area contributed by atoms with Crippen LogP contribution < -0.4 is 4.74 Å². The van der Waals surface area contributed by atoms with E-state index < -0.39 is 17.7 Å². The van der Waals surface area contributed by atoms with E-state index in [1.165, 1.54) is 12.1 Å². The van der Waals surface area contributed by atoms with Crippen molar-refractivity contribution in [2.75, 3.05) is 0 Å². The Bertz CT molecular complexity index is 635. The van der Waals surface area contributed by atoms with E-state index in [1.807, 2.05) is 12.1 Å². The molecular formula is C17H16F2O2. The third-order valence-electron chi connectivity index (χ3n) is 3.72. The normalized spacial score (nSPS) is 17.4. The first-order chi connectivity index (χ1) is 10.1. The van der Waals surface area contributed by atoms with Crippen molar-refractivity contribution in [2.24, 2.45) is 0 Å². The van der Waals surface area contributed by atoms with Crippen molar-refractivity contribution in [1.29, 1.82) is 0 Å². The van der Waals surface area contributed by atoms with Crippen LogP contribution in [0.4, 0.5) is 8.78 Å². The summed E-state index contributed by atoms with van der Waals surface area (Å²) in [7, 11) is 0. The van der Waals surface area contributed by atoms with Crippen molar-refractivity contribution in [3.8, 4) is 5.75 Å². The number of hydrogen-bond acceptors (Lipinski definition) is 2. The van der Waals surface area contributed by atoms with E-state index in [-0.39, 0.29) is 6.61 Å². The second-order valence-corrected chi connectivity index (χ2v) is 5.34. The molecule has 1 atom stereocenters. The highest BCUT2D eigenvalue weighted by Gasteiger charge is 2.18. The van der Waals surface area contributed by atoms with Crippen LogP contribution in [0.1, 0.15) is 35.6 Å². The van der Waals surface area contributed by atoms with E-state index in [9.17, 15) is 13.9 Å². The molecule has 2 aromatic carbocycles. The standard InChI is InChI=1S/C17H16F2O2/c18-13-6-11(7-14(19)9-13)10-21-15-4-5-16-12(8-15)2-1-3-17(16)20/h4-9,17,20H,1-3,10H2. The molecule has 2 nitrogen and oxygen atoms in total. The Morgan fingerprint density at radius 3 is 2.62 bits per heavy atom. The molecule has 0 bridgehead atoms. The van der Waals surface area contributed by atoms with Crippen molar-refractivity contribution in [3.05, 3.63) is 64.7 Å². The monoisotopic (exact) mass is 290 g/mol. The number of rotatable bonds is 3. The Balaban J connectivity index is 1.73. The lowest BCUT2D eigenvalue weighted by atomic mass is 9.89. The van der Waals surface area contributed by atoms with Gasteiger partial charge in [-0.2, -0.15) is 0 Å². The molecule has 0 spiro atoms. The quantitative estimate of drug-likeness (QED) is 0.928. The molecule has 1 aliphatic rings. The summed E-state index contributed by atoms with van der Waals surface area (Å²) in [5, 5.41) is 9.90. The topological polar surface area (TPSA) is 29.5 Å². The van der Waals surface area contributed by atoms with E-state index in [0.29, 0.717) is 11.3 Å². The first-order valence-corrected chi connectivity index (χ1v) is 7.00. The molecular weight excluding hydrogens is 274 g/mol. The van der Waals surface area contributed by atoms with Gasteiger partial charge < -0.3 is 9.84 Å². The Hall–Kier alpha value is -1.94. The van der Waals surface area contributed by atoms with Gasteiger partial charge in [-0.25, -0.2) is 8.78 Å². The van der Waals surface area contributed by atoms with Gasteiger partial charge in [0, 0.05) is 6.07 Å². The van der Waals surface area contributed by atoms with E-state index >= 15 is 0 Å². The van der Waals surface area contributed by atoms with Gasteiger partial charge in [-0.05, 0) is 60.2 Å². The summed E-state index contributed by atoms with van der Waals surface area (Å²) in [5.74, 6) is -0.572. The van der Waals surface area contributed by atoms with Crippen molar-refractivity contribution >= 4 is 0 Å². The van der Waals surface area contributed by atoms with Gasteiger partial charge in [0.25, 0.3) is 0 Å². The summed E-state index contributed by atoms with van der Waals surface area (Å²) < 4.78 is 31.8. The number of ether oxygens (including phenoxy) is 1. The summed E-state index contributed by atoms with van der Waals surface area (Å²) in [6, 6.07) is 8.89. The first-order valence-electron chi connectivity index (χ1n) is 7.00. The summed E-state index contributed by atoms with van der Waals surface area (Å²) in [6.45, 7) is 0.107. The first kappa shape index (κ1) is 14.0. The van der Waals surface area contributed by atoms with Gasteiger partial charge >= 0.3 is 0 Å². The summed E-state index contributed by atoms with van der Waals surface area (Å²) in [4.78, 5) is 0. The van der Waals surface area contributed by atoms with Crippen LogP contribution in [-0.2, 0) is 13.0 Å². The minimum atomic E-state index is -0.609. The molecule has 1 unspecified atom stereocenters. The zero-order valence-electron chi connectivity index (χ0n) is 11.5. The molecule has 1 aliphatic carbocycles. The van der Waals surface area contributed by atoms with Gasteiger partial charge in [0.2, 0.25) is 0 Å². The molecule has 1 N–H and O–H groups in total. The van der Waals surface area contributed by atoms with E-state index in [0.717, 1.165) is 36.5 Å². The average molecular weight is 290 g/mol. The highest BCUT2D eigenvalue weighted by atomic mass is 19.1. The van der Waals surface area contributed by atoms with Crippen LogP contribution in [0.5, 0.6) is 5.75 Å². The Kier molecular flexibility index (Phi) is 3.88. The van der Waals surface area contributed by atoms with E-state index in [4.69, 9.17) is 4.74 Å². The Morgan fingerprint density at radius 1 is 1.10 bits per heavy atom. The molecule has 0 radical (unpaired) electrons. The Morgan fingerprint density at radius 2 is 1.86 bits per heavy atom. The molecule has 0 saturated carbocycles. The van der Waals surface area contributed by atoms with E-state index in [1.54, 1.807) is 6.07 Å². The molecule has 0 fully saturated rings. The molecule has 2 aromatic rings. The lowest BCUT2D eigenvalue weighted by Gasteiger charge is -2.21. The van der Waals surface area contributed by atoms with Crippen molar-refractivity contribution in [3.63, 3.8) is 0 Å². The van der Waals surface area contributed by atoms with Gasteiger partial charge in [0.15, 0.2) is 0 Å². The SMILES string of the molecule is OC1CCCc2cc(OCc3cc(F)cc(F)c3)ccc21. The molecule has 110 valence electrons. The maximum Gasteiger partial charge on any atom is 0.126 e. The van der Waals surface area contributed by atoms with Gasteiger partial charge in [0.1, 0.15) is 24.0 Å². The van der Waals surface area contributed by atoms with Gasteiger partial charge in [-0.3, -0.25) is 0 Å². The van der Waals surface area contributed by atoms with Crippen molar-refractivity contribution < 1.29 is 18.6 Å². The van der Waals surface area contributed by atoms with E-state index in [2.05, 4.69) is 0 Å². The molecule has 0 aliphatic heterocycles. The number of halogens is 2. The molecule has 0 heterocycles. The minimum absolute atomic E-state index is 0.107. The third kappa shape index (κ3) is 3.22. The largest absolute Gasteiger partial charge is 0.489 e. The number of aryl methyl sites for hydroxylation is 1. The maximum atomic E-state index is 13.1. The van der Waals surface area contributed by atoms with Crippen LogP contribution in [0.25, 0.3) is 0 Å². The molecule has 0 saturated heterocycles. The number of fused-ring (bicyclic) bond motifs is 1. The van der Waals surface area contributed by atoms with Gasteiger partial charge in [0.05, 0.1) is 6.10 Å². The highest BCUT2D eigenvalue weighted by Crippen LogP contribution is 2.32. The zero-order valence-corrected chi connectivity index (χ0v) is 11.5. The fourth-order valence-electron chi connectivity index (χ4n) is 2.72. The lowest BCUT2D eigenvalue weighted by molar-refractivity contribution is 0.156. The van der Waals surface area contributed by atoms with Crippen molar-refractivity contribution in [2.45, 2.75) is 32.0 Å². The molecule has 21 heavy (non-hydrogen) atoms. The van der Waals surface area contributed by atoms with Crippen LogP contribution in [0, 0.1) is 11.6 Å². The molecule has 3 rings (SSSR count). The Labute approximate surface area is 122 Å². The third-order valence-corrected chi connectivity index (χ3v) is 3.72. The second-order valence-electron chi connectivity index (χ2n) is 5.34. The molecule has 0 amide bonds. The fourth-order valence-corrected chi connectivity index (χ4v) is 2.72. The molecule has 4 heteroatoms. The van der Waals surface area contributed by atoms with Crippen LogP contribution in [0.2, 0.25) is 0 Å². The predicted octanol–water partition coefficient (Wildman–Crippen LogP) is 3.91. The van der Waals surface area contributed by atoms with Crippen LogP contribution in [-0.4, -0.2) is 5.11 Å². The predicted molar refractivity (Wildman–Crippen MR) is 75.0 cm³/mol. The summed E-state index contributed by atoms with van der Waals surface area (Å²) in [6.07, 6.45) is 2.25. The maximum absolute atomic E-state index is 13.1. The summed E-state index contributed by atoms with van der Waals surface area (Å²) in [5.41, 5.74) is 2.48. The van der Waals surface area contributed by atoms with Gasteiger partial charge in [-0.15, -0.1) is 0 Å². The van der Waals surface area contributed by atoms with Gasteiger partial charge in [-0.1, -0.05) is 6.07 Å². The number of aliphatic hydroxyl groups excluding tert-OH is 1. The molecule has 0 aromatic heterocycles. The second kappa shape index (κ2) is 5.82. The van der Waals surface area contributed by atoms with Crippen LogP contribution in [0.15, 0.2) is 36.4 Å². The number of benzene rings is 2. The smallest absolute Gasteiger partial charge is 0.126 e. The zero-order chi connectivity index (χ0) is 14.8. The van der Waals surface area contributed by atoms with Crippen molar-refractivity contribution in [1.82, 2.24) is 0 Å². The summed E-state index contributed by atoms with van der Waals surface area (Å²) >= 11 is 0. The number of aliphatic hydroxyl groups is 1. The lowest BCUT2D eigenvalue weighted by Crippen LogP contribution is -2.09. The average Bonchev–Trinajstić information content (AvgIpc) is 2.44. The minimum Gasteiger partial charge on any atom is -0.489 e. The number of hydrogen-bond donors (Lipinski definition) is 1. The highest BCUT2D eigenvalue weighted by molar-refractivity contribution is 5.38.